The zero-order valence-electron chi connectivity index (χ0n) is 6.27. The molecule has 4 heteroatoms. The molecular formula is C6H10Hg2O2. The molecule has 0 spiro atoms. The molecule has 1 heterocycles. The van der Waals surface area contributed by atoms with Gasteiger partial charge in [-0.2, -0.15) is 0 Å². The first-order chi connectivity index (χ1) is 4.83. The molecule has 1 aliphatic heterocycles. The first kappa shape index (κ1) is 9.87. The standard InChI is InChI=1S/C6H10O2.2Hg/c1-6(2)5-7-3-4-8-6;;/h1-5H2;;. The van der Waals surface area contributed by atoms with Gasteiger partial charge in [-0.05, 0) is 0 Å². The molecule has 0 unspecified atom stereocenters. The van der Waals surface area contributed by atoms with Crippen LogP contribution >= 0.6 is 0 Å². The number of ether oxygens (including phenoxy) is 2. The number of hydrogen-bond acceptors (Lipinski definition) is 2. The van der Waals surface area contributed by atoms with E-state index < -0.39 is 0 Å². The Morgan fingerprint density at radius 3 is 2.20 bits per heavy atom. The van der Waals surface area contributed by atoms with Gasteiger partial charge in [-0.1, -0.05) is 0 Å². The maximum atomic E-state index is 5.74. The predicted molar refractivity (Wildman–Crippen MR) is 29.1 cm³/mol. The molecule has 0 amide bonds. The van der Waals surface area contributed by atoms with Crippen LogP contribution in [0.5, 0.6) is 0 Å². The van der Waals surface area contributed by atoms with Crippen LogP contribution in [0.3, 0.4) is 0 Å². The van der Waals surface area contributed by atoms with Crippen LogP contribution in [0.1, 0.15) is 0 Å². The fourth-order valence-corrected chi connectivity index (χ4v) is 12.8. The molecule has 0 saturated carbocycles. The Bertz CT molecular complexity index is 95.9. The molecule has 1 rings (SSSR count). The molecule has 0 aliphatic carbocycles. The van der Waals surface area contributed by atoms with Gasteiger partial charge in [0, 0.05) is 0 Å². The minimum absolute atomic E-state index is 0.213. The molecule has 1 aliphatic rings. The second-order valence-corrected chi connectivity index (χ2v) is 6.47. The van der Waals surface area contributed by atoms with E-state index in [1.165, 1.54) is 7.86 Å². The quantitative estimate of drug-likeness (QED) is 0.505. The van der Waals surface area contributed by atoms with Crippen LogP contribution in [0.25, 0.3) is 0 Å². The van der Waals surface area contributed by atoms with Gasteiger partial charge in [-0.25, -0.2) is 0 Å². The second-order valence-electron chi connectivity index (χ2n) is 2.58. The van der Waals surface area contributed by atoms with Crippen molar-refractivity contribution in [2.45, 2.75) is 13.5 Å². The van der Waals surface area contributed by atoms with E-state index in [1.807, 2.05) is 0 Å². The van der Waals surface area contributed by atoms with Crippen molar-refractivity contribution < 1.29 is 61.7 Å². The van der Waals surface area contributed by atoms with Gasteiger partial charge in [-0.15, -0.1) is 0 Å². The topological polar surface area (TPSA) is 18.5 Å². The zero-order chi connectivity index (χ0) is 7.45. The Balaban J connectivity index is 2.44. The van der Waals surface area contributed by atoms with Crippen molar-refractivity contribution in [1.29, 1.82) is 0 Å². The van der Waals surface area contributed by atoms with Crippen LogP contribution in [-0.2, 0) is 61.7 Å². The minimum atomic E-state index is 0.213. The second kappa shape index (κ2) is 4.73. The molecule has 2 nitrogen and oxygen atoms in total. The molecule has 0 aromatic rings. The first-order valence-electron chi connectivity index (χ1n) is 3.63. The SMILES string of the molecule is [Hg][CH2]C1([CH2][Hg])COCCO1. The Morgan fingerprint density at radius 2 is 1.90 bits per heavy atom. The van der Waals surface area contributed by atoms with Gasteiger partial charge in [-0.3, -0.25) is 0 Å². The van der Waals surface area contributed by atoms with Crippen molar-refractivity contribution in [1.82, 2.24) is 0 Å². The van der Waals surface area contributed by atoms with Gasteiger partial charge in [0.15, 0.2) is 0 Å². The molecular weight excluding hydrogens is 505 g/mol. The van der Waals surface area contributed by atoms with Gasteiger partial charge in [0.25, 0.3) is 0 Å². The number of hydrogen-bond donors (Lipinski definition) is 0. The molecule has 50 valence electrons. The van der Waals surface area contributed by atoms with Crippen molar-refractivity contribution in [2.24, 2.45) is 0 Å². The Hall–Kier alpha value is 1.79. The third-order valence-corrected chi connectivity index (χ3v) is 9.00. The van der Waals surface area contributed by atoms with E-state index in [-0.39, 0.29) is 5.60 Å². The summed E-state index contributed by atoms with van der Waals surface area (Å²) in [5.41, 5.74) is 0.213. The summed E-state index contributed by atoms with van der Waals surface area (Å²) in [4.78, 5) is 0. The molecule has 0 N–H and O–H groups in total. The molecule has 0 bridgehead atoms. The first-order valence-corrected chi connectivity index (χ1v) is 11.4. The van der Waals surface area contributed by atoms with Gasteiger partial charge in [0.2, 0.25) is 0 Å². The predicted octanol–water partition coefficient (Wildman–Crippen LogP) is 0.702. The van der Waals surface area contributed by atoms with Crippen LogP contribution < -0.4 is 0 Å². The monoisotopic (exact) mass is 518 g/mol. The van der Waals surface area contributed by atoms with E-state index in [0.29, 0.717) is 0 Å². The van der Waals surface area contributed by atoms with Crippen LogP contribution in [0.4, 0.5) is 0 Å². The van der Waals surface area contributed by atoms with E-state index >= 15 is 0 Å². The summed E-state index contributed by atoms with van der Waals surface area (Å²) in [7, 11) is 0. The normalized spacial score (nSPS) is 24.8. The Morgan fingerprint density at radius 1 is 1.20 bits per heavy atom. The van der Waals surface area contributed by atoms with Gasteiger partial charge in [0.1, 0.15) is 0 Å². The molecule has 10 heavy (non-hydrogen) atoms. The number of rotatable bonds is 2. The van der Waals surface area contributed by atoms with Crippen LogP contribution in [-0.4, -0.2) is 25.4 Å². The average Bonchev–Trinajstić information content (AvgIpc) is 2.06. The molecule has 0 aromatic carbocycles. The molecule has 1 saturated heterocycles. The van der Waals surface area contributed by atoms with Crippen LogP contribution in [0, 0.1) is 0 Å². The van der Waals surface area contributed by atoms with E-state index in [4.69, 9.17) is 9.47 Å². The van der Waals surface area contributed by atoms with E-state index in [0.717, 1.165) is 72.1 Å². The third kappa shape index (κ3) is 2.39. The summed E-state index contributed by atoms with van der Waals surface area (Å²) >= 11 is 1.73. The summed E-state index contributed by atoms with van der Waals surface area (Å²) in [5, 5.41) is 0. The summed E-state index contributed by atoms with van der Waals surface area (Å²) in [6, 6.07) is 0. The third-order valence-electron chi connectivity index (χ3n) is 1.91. The van der Waals surface area contributed by atoms with Crippen LogP contribution in [0.15, 0.2) is 0 Å². The fraction of sp³-hybridized carbons (Fsp3) is 1.00. The average molecular weight is 515 g/mol. The van der Waals surface area contributed by atoms with E-state index in [1.54, 1.807) is 0 Å². The van der Waals surface area contributed by atoms with Crippen LogP contribution in [0.2, 0.25) is 7.86 Å². The fourth-order valence-electron chi connectivity index (χ4n) is 1.03. The molecule has 0 atom stereocenters. The Labute approximate surface area is 94.0 Å². The van der Waals surface area contributed by atoms with Gasteiger partial charge >= 0.3 is 95.0 Å². The van der Waals surface area contributed by atoms with Gasteiger partial charge < -0.3 is 0 Å². The molecule has 0 radical (unpaired) electrons. The summed E-state index contributed by atoms with van der Waals surface area (Å²) in [6.45, 7) is 2.51. The van der Waals surface area contributed by atoms with Crippen molar-refractivity contribution in [3.8, 4) is 0 Å². The summed E-state index contributed by atoms with van der Waals surface area (Å²) < 4.78 is 13.7. The summed E-state index contributed by atoms with van der Waals surface area (Å²) in [6.07, 6.45) is 0. The van der Waals surface area contributed by atoms with Gasteiger partial charge in [0.05, 0.1) is 0 Å². The summed E-state index contributed by atoms with van der Waals surface area (Å²) in [5.74, 6) is 0. The van der Waals surface area contributed by atoms with Crippen molar-refractivity contribution in [3.63, 3.8) is 0 Å². The van der Waals surface area contributed by atoms with E-state index in [9.17, 15) is 0 Å². The molecule has 0 aromatic heterocycles. The van der Waals surface area contributed by atoms with Crippen molar-refractivity contribution >= 4 is 0 Å². The van der Waals surface area contributed by atoms with E-state index in [2.05, 4.69) is 0 Å². The zero-order valence-corrected chi connectivity index (χ0v) is 17.3. The van der Waals surface area contributed by atoms with Crippen molar-refractivity contribution in [3.05, 3.63) is 0 Å². The van der Waals surface area contributed by atoms with Crippen molar-refractivity contribution in [2.75, 3.05) is 19.8 Å². The molecule has 1 fully saturated rings. The maximum absolute atomic E-state index is 5.74. The Kier molecular flexibility index (Phi) is 4.67.